The first-order valence-corrected chi connectivity index (χ1v) is 10.6. The predicted molar refractivity (Wildman–Crippen MR) is 121 cm³/mol. The number of rotatable bonds is 8. The molecule has 9 nitrogen and oxygen atoms in total. The highest BCUT2D eigenvalue weighted by molar-refractivity contribution is 6.00. The van der Waals surface area contributed by atoms with Crippen molar-refractivity contribution < 1.29 is 14.3 Å². The SMILES string of the molecule is COCCOc1ncccc1-c1ncc2c(n1)N(Cc1ccc(-n3cccn3)cc1)C(=O)C2. The van der Waals surface area contributed by atoms with Gasteiger partial charge in [-0.3, -0.25) is 9.69 Å². The fraction of sp³-hybridized carbons (Fsp3) is 0.208. The minimum Gasteiger partial charge on any atom is -0.475 e. The van der Waals surface area contributed by atoms with Crippen molar-refractivity contribution in [2.75, 3.05) is 25.2 Å². The van der Waals surface area contributed by atoms with Crippen molar-refractivity contribution in [2.45, 2.75) is 13.0 Å². The van der Waals surface area contributed by atoms with E-state index in [-0.39, 0.29) is 12.3 Å². The van der Waals surface area contributed by atoms with Gasteiger partial charge in [-0.25, -0.2) is 19.6 Å². The molecule has 0 aliphatic carbocycles. The standard InChI is InChI=1S/C24H22N6O3/c1-32-12-13-33-24-20(4-2-9-25-24)22-26-15-18-14-21(31)29(23(18)28-22)16-17-5-7-19(8-6-17)30-11-3-10-27-30/h2-11,15H,12-14,16H2,1H3. The fourth-order valence-corrected chi connectivity index (χ4v) is 3.68. The highest BCUT2D eigenvalue weighted by Crippen LogP contribution is 2.32. The number of aromatic nitrogens is 5. The van der Waals surface area contributed by atoms with Gasteiger partial charge in [0.2, 0.25) is 11.8 Å². The molecule has 3 aromatic heterocycles. The van der Waals surface area contributed by atoms with Crippen molar-refractivity contribution in [2.24, 2.45) is 0 Å². The van der Waals surface area contributed by atoms with Gasteiger partial charge in [0.15, 0.2) is 5.82 Å². The molecule has 1 aliphatic heterocycles. The van der Waals surface area contributed by atoms with Crippen molar-refractivity contribution in [3.8, 4) is 23.0 Å². The average Bonchev–Trinajstić information content (AvgIpc) is 3.48. The summed E-state index contributed by atoms with van der Waals surface area (Å²) in [7, 11) is 1.61. The minimum absolute atomic E-state index is 0.00430. The summed E-state index contributed by atoms with van der Waals surface area (Å²) >= 11 is 0. The van der Waals surface area contributed by atoms with Crippen molar-refractivity contribution >= 4 is 11.7 Å². The Morgan fingerprint density at radius 1 is 1.03 bits per heavy atom. The van der Waals surface area contributed by atoms with Crippen LogP contribution in [0, 0.1) is 0 Å². The van der Waals surface area contributed by atoms with Crippen LogP contribution in [0.25, 0.3) is 17.1 Å². The molecule has 0 unspecified atom stereocenters. The average molecular weight is 442 g/mol. The molecule has 9 heteroatoms. The first kappa shape index (κ1) is 20.8. The monoisotopic (exact) mass is 442 g/mol. The van der Waals surface area contributed by atoms with Crippen LogP contribution >= 0.6 is 0 Å². The molecule has 33 heavy (non-hydrogen) atoms. The Hall–Kier alpha value is -4.11. The van der Waals surface area contributed by atoms with Gasteiger partial charge in [-0.15, -0.1) is 0 Å². The molecule has 0 fully saturated rings. The van der Waals surface area contributed by atoms with Gasteiger partial charge in [0, 0.05) is 37.5 Å². The number of hydrogen-bond donors (Lipinski definition) is 0. The zero-order valence-electron chi connectivity index (χ0n) is 18.1. The number of pyridine rings is 1. The van der Waals surface area contributed by atoms with E-state index in [0.717, 1.165) is 16.8 Å². The van der Waals surface area contributed by atoms with Gasteiger partial charge in [-0.2, -0.15) is 5.10 Å². The second kappa shape index (κ2) is 9.17. The van der Waals surface area contributed by atoms with Crippen LogP contribution in [0.1, 0.15) is 11.1 Å². The second-order valence-electron chi connectivity index (χ2n) is 7.51. The summed E-state index contributed by atoms with van der Waals surface area (Å²) < 4.78 is 12.6. The van der Waals surface area contributed by atoms with Gasteiger partial charge >= 0.3 is 0 Å². The highest BCUT2D eigenvalue weighted by Gasteiger charge is 2.30. The third-order valence-electron chi connectivity index (χ3n) is 5.32. The molecule has 0 spiro atoms. The van der Waals surface area contributed by atoms with Gasteiger partial charge in [-0.05, 0) is 35.9 Å². The van der Waals surface area contributed by atoms with Crippen LogP contribution in [0.5, 0.6) is 5.88 Å². The quantitative estimate of drug-likeness (QED) is 0.387. The Labute approximate surface area is 190 Å². The van der Waals surface area contributed by atoms with E-state index in [0.29, 0.717) is 42.8 Å². The third-order valence-corrected chi connectivity index (χ3v) is 5.32. The number of nitrogens with zero attached hydrogens (tertiary/aromatic N) is 6. The first-order valence-electron chi connectivity index (χ1n) is 10.6. The summed E-state index contributed by atoms with van der Waals surface area (Å²) in [6.07, 6.45) is 7.27. The van der Waals surface area contributed by atoms with Gasteiger partial charge in [-0.1, -0.05) is 12.1 Å². The molecule has 1 aliphatic rings. The molecule has 166 valence electrons. The maximum absolute atomic E-state index is 12.8. The number of fused-ring (bicyclic) bond motifs is 1. The summed E-state index contributed by atoms with van der Waals surface area (Å²) in [5.74, 6) is 1.51. The lowest BCUT2D eigenvalue weighted by molar-refractivity contribution is -0.117. The van der Waals surface area contributed by atoms with E-state index < -0.39 is 0 Å². The van der Waals surface area contributed by atoms with Crippen LogP contribution in [0.15, 0.2) is 67.3 Å². The normalized spacial score (nSPS) is 12.8. The maximum Gasteiger partial charge on any atom is 0.233 e. The highest BCUT2D eigenvalue weighted by atomic mass is 16.5. The van der Waals surface area contributed by atoms with Crippen LogP contribution in [0.2, 0.25) is 0 Å². The molecule has 4 heterocycles. The van der Waals surface area contributed by atoms with Crippen molar-refractivity contribution in [1.82, 2.24) is 24.7 Å². The molecule has 1 amide bonds. The number of benzene rings is 1. The minimum atomic E-state index is -0.00430. The first-order chi connectivity index (χ1) is 16.2. The van der Waals surface area contributed by atoms with Gasteiger partial charge in [0.25, 0.3) is 0 Å². The summed E-state index contributed by atoms with van der Waals surface area (Å²) in [4.78, 5) is 28.0. The number of carbonyl (C=O) groups excluding carboxylic acids is 1. The molecule has 1 aromatic carbocycles. The molecular formula is C24H22N6O3. The molecule has 0 radical (unpaired) electrons. The van der Waals surface area contributed by atoms with Crippen LogP contribution < -0.4 is 9.64 Å². The summed E-state index contributed by atoms with van der Waals surface area (Å²) in [6.45, 7) is 1.24. The van der Waals surface area contributed by atoms with Crippen LogP contribution in [-0.2, 0) is 22.5 Å². The largest absolute Gasteiger partial charge is 0.475 e. The Bertz CT molecular complexity index is 1260. The lowest BCUT2D eigenvalue weighted by atomic mass is 10.2. The van der Waals surface area contributed by atoms with E-state index in [1.807, 2.05) is 42.6 Å². The van der Waals surface area contributed by atoms with Crippen molar-refractivity contribution in [1.29, 1.82) is 0 Å². The zero-order chi connectivity index (χ0) is 22.6. The number of amides is 1. The molecule has 0 atom stereocenters. The summed E-state index contributed by atoms with van der Waals surface area (Å²) in [5.41, 5.74) is 3.43. The van der Waals surface area contributed by atoms with Crippen LogP contribution in [0.4, 0.5) is 5.82 Å². The Morgan fingerprint density at radius 3 is 2.70 bits per heavy atom. The van der Waals surface area contributed by atoms with Crippen molar-refractivity contribution in [3.05, 3.63) is 78.4 Å². The van der Waals surface area contributed by atoms with Crippen LogP contribution in [0.3, 0.4) is 0 Å². The lowest BCUT2D eigenvalue weighted by Crippen LogP contribution is -2.26. The second-order valence-corrected chi connectivity index (χ2v) is 7.51. The Balaban J connectivity index is 1.40. The van der Waals surface area contributed by atoms with Gasteiger partial charge in [0.1, 0.15) is 12.4 Å². The molecule has 0 bridgehead atoms. The molecular weight excluding hydrogens is 420 g/mol. The van der Waals surface area contributed by atoms with Gasteiger partial charge < -0.3 is 9.47 Å². The Kier molecular flexibility index (Phi) is 5.77. The number of hydrogen-bond acceptors (Lipinski definition) is 7. The smallest absolute Gasteiger partial charge is 0.233 e. The van der Waals surface area contributed by atoms with E-state index in [4.69, 9.17) is 14.5 Å². The van der Waals surface area contributed by atoms with Gasteiger partial charge in [0.05, 0.1) is 30.8 Å². The van der Waals surface area contributed by atoms with E-state index in [1.165, 1.54) is 0 Å². The fourth-order valence-electron chi connectivity index (χ4n) is 3.68. The van der Waals surface area contributed by atoms with E-state index >= 15 is 0 Å². The number of methoxy groups -OCH3 is 1. The summed E-state index contributed by atoms with van der Waals surface area (Å²) in [5, 5.41) is 4.24. The number of carbonyl (C=O) groups is 1. The molecule has 4 aromatic rings. The summed E-state index contributed by atoms with van der Waals surface area (Å²) in [6, 6.07) is 13.5. The zero-order valence-corrected chi connectivity index (χ0v) is 18.1. The predicted octanol–water partition coefficient (Wildman–Crippen LogP) is 2.84. The molecule has 0 saturated heterocycles. The molecule has 5 rings (SSSR count). The van der Waals surface area contributed by atoms with Crippen molar-refractivity contribution in [3.63, 3.8) is 0 Å². The van der Waals surface area contributed by atoms with E-state index in [2.05, 4.69) is 15.1 Å². The van der Waals surface area contributed by atoms with E-state index in [1.54, 1.807) is 41.3 Å². The number of anilines is 1. The number of ether oxygens (including phenoxy) is 2. The maximum atomic E-state index is 12.8. The topological polar surface area (TPSA) is 95.3 Å². The lowest BCUT2D eigenvalue weighted by Gasteiger charge is -2.17. The molecule has 0 saturated carbocycles. The third kappa shape index (κ3) is 4.31. The van der Waals surface area contributed by atoms with Crippen LogP contribution in [-0.4, -0.2) is 51.0 Å². The van der Waals surface area contributed by atoms with E-state index in [9.17, 15) is 4.79 Å². The Morgan fingerprint density at radius 2 is 1.91 bits per heavy atom. The molecule has 0 N–H and O–H groups in total.